The zero-order valence-electron chi connectivity index (χ0n) is 14.2. The molecule has 134 valence electrons. The molecule has 2 rings (SSSR count). The molecule has 0 aliphatic heterocycles. The fourth-order valence-electron chi connectivity index (χ4n) is 3.06. The van der Waals surface area contributed by atoms with Gasteiger partial charge in [0.05, 0.1) is 4.90 Å². The van der Waals surface area contributed by atoms with Crippen molar-refractivity contribution in [1.29, 1.82) is 0 Å². The summed E-state index contributed by atoms with van der Waals surface area (Å²) in [4.78, 5) is 11.4. The highest BCUT2D eigenvalue weighted by Crippen LogP contribution is 2.17. The summed E-state index contributed by atoms with van der Waals surface area (Å²) in [6.45, 7) is 2.64. The van der Waals surface area contributed by atoms with Gasteiger partial charge >= 0.3 is 0 Å². The monoisotopic (exact) mass is 353 g/mol. The zero-order valence-corrected chi connectivity index (χ0v) is 15.0. The maximum Gasteiger partial charge on any atom is 0.249 e. The van der Waals surface area contributed by atoms with Crippen molar-refractivity contribution in [3.05, 3.63) is 29.3 Å². The Bertz CT molecular complexity index is 666. The number of primary amides is 1. The molecule has 0 atom stereocenters. The van der Waals surface area contributed by atoms with E-state index in [2.05, 4.69) is 10.0 Å². The minimum atomic E-state index is -3.64. The predicted molar refractivity (Wildman–Crippen MR) is 94.4 cm³/mol. The fourth-order valence-corrected chi connectivity index (χ4v) is 4.12. The van der Waals surface area contributed by atoms with E-state index in [9.17, 15) is 13.2 Å². The molecule has 1 aromatic carbocycles. The number of amides is 1. The summed E-state index contributed by atoms with van der Waals surface area (Å²) in [6.07, 6.45) is 7.38. The third-order valence-electron chi connectivity index (χ3n) is 4.49. The number of hydrogen-bond acceptors (Lipinski definition) is 4. The van der Waals surface area contributed by atoms with Crippen LogP contribution >= 0.6 is 0 Å². The number of carbonyl (C=O) groups is 1. The first kappa shape index (κ1) is 18.9. The van der Waals surface area contributed by atoms with Crippen LogP contribution in [-0.4, -0.2) is 33.5 Å². The summed E-state index contributed by atoms with van der Waals surface area (Å²) in [5.41, 5.74) is 6.17. The van der Waals surface area contributed by atoms with Crippen molar-refractivity contribution in [2.45, 2.75) is 56.4 Å². The second-order valence-corrected chi connectivity index (χ2v) is 8.15. The Morgan fingerprint density at radius 1 is 1.17 bits per heavy atom. The molecule has 24 heavy (non-hydrogen) atoms. The summed E-state index contributed by atoms with van der Waals surface area (Å²) in [5, 5.41) is 3.42. The second-order valence-electron chi connectivity index (χ2n) is 6.38. The summed E-state index contributed by atoms with van der Waals surface area (Å²) in [5.74, 6) is -0.625. The Morgan fingerprint density at radius 2 is 1.83 bits per heavy atom. The lowest BCUT2D eigenvalue weighted by Crippen LogP contribution is -2.36. The van der Waals surface area contributed by atoms with Gasteiger partial charge in [-0.25, -0.2) is 13.1 Å². The van der Waals surface area contributed by atoms with Crippen LogP contribution in [0.5, 0.6) is 0 Å². The number of sulfonamides is 1. The molecule has 0 spiro atoms. The third-order valence-corrected chi connectivity index (χ3v) is 5.95. The Hall–Kier alpha value is -1.44. The second kappa shape index (κ2) is 8.60. The topological polar surface area (TPSA) is 101 Å². The highest BCUT2D eigenvalue weighted by molar-refractivity contribution is 7.89. The standard InChI is InChI=1S/C17H27N3O3S/c1-13-8-9-15(12-16(13)17(18)21)24(22,23)20-11-10-19-14-6-4-2-3-5-7-14/h8-9,12,14,19-20H,2-7,10-11H2,1H3,(H2,18,21). The van der Waals surface area contributed by atoms with Crippen molar-refractivity contribution in [2.24, 2.45) is 5.73 Å². The molecule has 0 saturated heterocycles. The molecule has 1 saturated carbocycles. The molecule has 0 radical (unpaired) electrons. The van der Waals surface area contributed by atoms with Crippen LogP contribution in [0.15, 0.2) is 23.1 Å². The van der Waals surface area contributed by atoms with Crippen LogP contribution in [-0.2, 0) is 10.0 Å². The van der Waals surface area contributed by atoms with Gasteiger partial charge in [-0.3, -0.25) is 4.79 Å². The minimum Gasteiger partial charge on any atom is -0.366 e. The number of nitrogens with two attached hydrogens (primary N) is 1. The first-order chi connectivity index (χ1) is 11.4. The van der Waals surface area contributed by atoms with Gasteiger partial charge in [0.1, 0.15) is 0 Å². The van der Waals surface area contributed by atoms with Gasteiger partial charge in [0.15, 0.2) is 0 Å². The number of aryl methyl sites for hydroxylation is 1. The molecular weight excluding hydrogens is 326 g/mol. The van der Waals surface area contributed by atoms with Crippen molar-refractivity contribution >= 4 is 15.9 Å². The number of hydrogen-bond donors (Lipinski definition) is 3. The van der Waals surface area contributed by atoms with Crippen LogP contribution in [0.1, 0.15) is 54.4 Å². The molecule has 1 aliphatic rings. The molecule has 1 fully saturated rings. The highest BCUT2D eigenvalue weighted by Gasteiger charge is 2.17. The van der Waals surface area contributed by atoms with Crippen LogP contribution in [0, 0.1) is 6.92 Å². The maximum absolute atomic E-state index is 12.3. The van der Waals surface area contributed by atoms with E-state index < -0.39 is 15.9 Å². The molecule has 0 aromatic heterocycles. The van der Waals surface area contributed by atoms with Gasteiger partial charge in [0.25, 0.3) is 0 Å². The van der Waals surface area contributed by atoms with E-state index >= 15 is 0 Å². The van der Waals surface area contributed by atoms with Gasteiger partial charge in [-0.2, -0.15) is 0 Å². The summed E-state index contributed by atoms with van der Waals surface area (Å²) >= 11 is 0. The summed E-state index contributed by atoms with van der Waals surface area (Å²) in [7, 11) is -3.64. The summed E-state index contributed by atoms with van der Waals surface area (Å²) < 4.78 is 27.2. The van der Waals surface area contributed by atoms with Crippen molar-refractivity contribution < 1.29 is 13.2 Å². The van der Waals surface area contributed by atoms with E-state index in [1.54, 1.807) is 13.0 Å². The number of nitrogens with one attached hydrogen (secondary N) is 2. The lowest BCUT2D eigenvalue weighted by atomic mass is 10.1. The van der Waals surface area contributed by atoms with E-state index in [0.717, 1.165) is 12.8 Å². The van der Waals surface area contributed by atoms with Gasteiger partial charge in [-0.05, 0) is 37.5 Å². The van der Waals surface area contributed by atoms with E-state index in [-0.39, 0.29) is 10.5 Å². The molecule has 1 aromatic rings. The van der Waals surface area contributed by atoms with Gasteiger partial charge in [0.2, 0.25) is 15.9 Å². The molecule has 4 N–H and O–H groups in total. The van der Waals surface area contributed by atoms with Gasteiger partial charge < -0.3 is 11.1 Å². The predicted octanol–water partition coefficient (Wildman–Crippen LogP) is 1.68. The summed E-state index contributed by atoms with van der Waals surface area (Å²) in [6, 6.07) is 4.90. The average molecular weight is 353 g/mol. The third kappa shape index (κ3) is 5.29. The molecule has 7 heteroatoms. The lowest BCUT2D eigenvalue weighted by molar-refractivity contribution is 0.0999. The van der Waals surface area contributed by atoms with Gasteiger partial charge in [-0.1, -0.05) is 31.7 Å². The largest absolute Gasteiger partial charge is 0.366 e. The Labute approximate surface area is 144 Å². The Balaban J connectivity index is 1.89. The van der Waals surface area contributed by atoms with Crippen LogP contribution in [0.4, 0.5) is 0 Å². The molecule has 1 amide bonds. The minimum absolute atomic E-state index is 0.0661. The van der Waals surface area contributed by atoms with Gasteiger partial charge in [-0.15, -0.1) is 0 Å². The molecule has 0 heterocycles. The van der Waals surface area contributed by atoms with Gasteiger partial charge in [0, 0.05) is 24.7 Å². The van der Waals surface area contributed by atoms with Crippen molar-refractivity contribution in [2.75, 3.05) is 13.1 Å². The molecule has 0 unspecified atom stereocenters. The van der Waals surface area contributed by atoms with Crippen LogP contribution in [0.3, 0.4) is 0 Å². The smallest absolute Gasteiger partial charge is 0.249 e. The fraction of sp³-hybridized carbons (Fsp3) is 0.588. The van der Waals surface area contributed by atoms with Crippen molar-refractivity contribution in [3.8, 4) is 0 Å². The van der Waals surface area contributed by atoms with Crippen LogP contribution in [0.25, 0.3) is 0 Å². The zero-order chi connectivity index (χ0) is 17.6. The van der Waals surface area contributed by atoms with Crippen LogP contribution in [0.2, 0.25) is 0 Å². The number of carbonyl (C=O) groups excluding carboxylic acids is 1. The molecule has 0 bridgehead atoms. The van der Waals surface area contributed by atoms with E-state index in [1.165, 1.54) is 37.8 Å². The first-order valence-corrected chi connectivity index (χ1v) is 10.0. The van der Waals surface area contributed by atoms with E-state index in [4.69, 9.17) is 5.73 Å². The molecule has 1 aliphatic carbocycles. The molecule has 6 nitrogen and oxygen atoms in total. The van der Waals surface area contributed by atoms with E-state index in [1.807, 2.05) is 0 Å². The SMILES string of the molecule is Cc1ccc(S(=O)(=O)NCCNC2CCCCCC2)cc1C(N)=O. The quantitative estimate of drug-likeness (QED) is 0.513. The molecular formula is C17H27N3O3S. The Morgan fingerprint density at radius 3 is 2.46 bits per heavy atom. The first-order valence-electron chi connectivity index (χ1n) is 8.53. The average Bonchev–Trinajstić information content (AvgIpc) is 2.80. The maximum atomic E-state index is 12.3. The number of rotatable bonds is 7. The van der Waals surface area contributed by atoms with Crippen molar-refractivity contribution in [3.63, 3.8) is 0 Å². The lowest BCUT2D eigenvalue weighted by Gasteiger charge is -2.16. The highest BCUT2D eigenvalue weighted by atomic mass is 32.2. The van der Waals surface area contributed by atoms with Crippen LogP contribution < -0.4 is 15.8 Å². The Kier molecular flexibility index (Phi) is 6.77. The van der Waals surface area contributed by atoms with Crippen molar-refractivity contribution in [1.82, 2.24) is 10.0 Å². The van der Waals surface area contributed by atoms with E-state index in [0.29, 0.717) is 24.7 Å². The normalized spacial score (nSPS) is 16.7. The number of benzene rings is 1.